The number of nitrogens with zero attached hydrogens (tertiary/aromatic N) is 2. The lowest BCUT2D eigenvalue weighted by Gasteiger charge is -2.47. The van der Waals surface area contributed by atoms with Crippen molar-refractivity contribution < 1.29 is 0 Å². The molecule has 2 aliphatic rings. The SMILES string of the molecule is CCN1CCN(C(CN)C2CCC2)CC1C. The molecule has 2 atom stereocenters. The maximum absolute atomic E-state index is 5.97. The van der Waals surface area contributed by atoms with Crippen molar-refractivity contribution in [3.63, 3.8) is 0 Å². The Hall–Kier alpha value is -0.120. The molecule has 2 N–H and O–H groups in total. The average molecular weight is 225 g/mol. The number of rotatable bonds is 4. The van der Waals surface area contributed by atoms with Crippen molar-refractivity contribution in [1.82, 2.24) is 9.80 Å². The lowest BCUT2D eigenvalue weighted by atomic mass is 9.78. The van der Waals surface area contributed by atoms with E-state index in [9.17, 15) is 0 Å². The van der Waals surface area contributed by atoms with Gasteiger partial charge in [-0.05, 0) is 32.2 Å². The number of hydrogen-bond acceptors (Lipinski definition) is 3. The Balaban J connectivity index is 1.89. The van der Waals surface area contributed by atoms with Crippen LogP contribution in [-0.4, -0.2) is 54.6 Å². The van der Waals surface area contributed by atoms with Gasteiger partial charge in [-0.1, -0.05) is 13.3 Å². The van der Waals surface area contributed by atoms with Crippen molar-refractivity contribution in [2.75, 3.05) is 32.7 Å². The molecule has 0 spiro atoms. The summed E-state index contributed by atoms with van der Waals surface area (Å²) in [6.45, 7) is 10.3. The van der Waals surface area contributed by atoms with E-state index in [0.717, 1.165) is 12.5 Å². The van der Waals surface area contributed by atoms with E-state index in [1.165, 1.54) is 45.4 Å². The Morgan fingerprint density at radius 1 is 1.31 bits per heavy atom. The zero-order chi connectivity index (χ0) is 11.5. The van der Waals surface area contributed by atoms with Gasteiger partial charge < -0.3 is 5.73 Å². The van der Waals surface area contributed by atoms with Gasteiger partial charge in [-0.2, -0.15) is 0 Å². The molecule has 0 aromatic carbocycles. The van der Waals surface area contributed by atoms with Crippen LogP contribution in [0.2, 0.25) is 0 Å². The smallest absolute Gasteiger partial charge is 0.0247 e. The first kappa shape index (κ1) is 12.3. The van der Waals surface area contributed by atoms with Crippen molar-refractivity contribution >= 4 is 0 Å². The molecule has 1 saturated carbocycles. The minimum atomic E-state index is 0.662. The lowest BCUT2D eigenvalue weighted by molar-refractivity contribution is 0.0248. The molecule has 3 heteroatoms. The maximum atomic E-state index is 5.97. The first-order chi connectivity index (χ1) is 7.76. The van der Waals surface area contributed by atoms with E-state index in [-0.39, 0.29) is 0 Å². The van der Waals surface area contributed by atoms with Gasteiger partial charge in [0.15, 0.2) is 0 Å². The predicted molar refractivity (Wildman–Crippen MR) is 68.5 cm³/mol. The zero-order valence-corrected chi connectivity index (χ0v) is 10.9. The first-order valence-electron chi connectivity index (χ1n) is 6.94. The molecule has 0 amide bonds. The van der Waals surface area contributed by atoms with E-state index in [1.54, 1.807) is 0 Å². The normalized spacial score (nSPS) is 31.3. The summed E-state index contributed by atoms with van der Waals surface area (Å²) in [5.74, 6) is 0.894. The summed E-state index contributed by atoms with van der Waals surface area (Å²) in [5.41, 5.74) is 5.97. The van der Waals surface area contributed by atoms with Gasteiger partial charge in [0, 0.05) is 38.3 Å². The van der Waals surface area contributed by atoms with E-state index in [4.69, 9.17) is 5.73 Å². The largest absolute Gasteiger partial charge is 0.329 e. The molecule has 2 unspecified atom stereocenters. The summed E-state index contributed by atoms with van der Waals surface area (Å²) in [7, 11) is 0. The number of piperazine rings is 1. The molecular formula is C13H27N3. The van der Waals surface area contributed by atoms with E-state index >= 15 is 0 Å². The van der Waals surface area contributed by atoms with Gasteiger partial charge in [0.1, 0.15) is 0 Å². The highest BCUT2D eigenvalue weighted by atomic mass is 15.3. The van der Waals surface area contributed by atoms with Crippen LogP contribution in [0.4, 0.5) is 0 Å². The Labute approximate surface area is 100.0 Å². The van der Waals surface area contributed by atoms with Gasteiger partial charge in [-0.15, -0.1) is 0 Å². The highest BCUT2D eigenvalue weighted by molar-refractivity contribution is 4.89. The summed E-state index contributed by atoms with van der Waals surface area (Å²) >= 11 is 0. The Morgan fingerprint density at radius 2 is 2.06 bits per heavy atom. The second-order valence-electron chi connectivity index (χ2n) is 5.47. The molecule has 1 saturated heterocycles. The van der Waals surface area contributed by atoms with Crippen molar-refractivity contribution in [3.8, 4) is 0 Å². The van der Waals surface area contributed by atoms with E-state index in [0.29, 0.717) is 12.1 Å². The van der Waals surface area contributed by atoms with Crippen molar-refractivity contribution in [1.29, 1.82) is 0 Å². The molecule has 1 aliphatic carbocycles. The molecular weight excluding hydrogens is 198 g/mol. The molecule has 3 nitrogen and oxygen atoms in total. The fourth-order valence-corrected chi connectivity index (χ4v) is 3.26. The van der Waals surface area contributed by atoms with Crippen LogP contribution in [0.3, 0.4) is 0 Å². The van der Waals surface area contributed by atoms with Crippen LogP contribution in [0, 0.1) is 5.92 Å². The van der Waals surface area contributed by atoms with Gasteiger partial charge in [-0.3, -0.25) is 9.80 Å². The highest BCUT2D eigenvalue weighted by Crippen LogP contribution is 2.32. The van der Waals surface area contributed by atoms with Crippen molar-refractivity contribution in [2.24, 2.45) is 11.7 Å². The van der Waals surface area contributed by atoms with Crippen LogP contribution >= 0.6 is 0 Å². The predicted octanol–water partition coefficient (Wildman–Crippen LogP) is 1.14. The summed E-state index contributed by atoms with van der Waals surface area (Å²) in [6, 6.07) is 1.36. The average Bonchev–Trinajstić information content (AvgIpc) is 2.23. The van der Waals surface area contributed by atoms with Gasteiger partial charge in [0.05, 0.1) is 0 Å². The lowest BCUT2D eigenvalue weighted by Crippen LogP contribution is -2.58. The molecule has 1 aliphatic heterocycles. The molecule has 16 heavy (non-hydrogen) atoms. The quantitative estimate of drug-likeness (QED) is 0.779. The van der Waals surface area contributed by atoms with Gasteiger partial charge in [-0.25, -0.2) is 0 Å². The second kappa shape index (κ2) is 5.48. The molecule has 0 aromatic heterocycles. The Morgan fingerprint density at radius 3 is 2.50 bits per heavy atom. The minimum Gasteiger partial charge on any atom is -0.329 e. The van der Waals surface area contributed by atoms with Gasteiger partial charge >= 0.3 is 0 Å². The maximum Gasteiger partial charge on any atom is 0.0247 e. The number of nitrogens with two attached hydrogens (primary N) is 1. The van der Waals surface area contributed by atoms with E-state index < -0.39 is 0 Å². The van der Waals surface area contributed by atoms with Crippen LogP contribution in [0.1, 0.15) is 33.1 Å². The third-order valence-corrected chi connectivity index (χ3v) is 4.61. The Bertz CT molecular complexity index is 215. The summed E-state index contributed by atoms with van der Waals surface area (Å²) in [6.07, 6.45) is 4.24. The second-order valence-corrected chi connectivity index (χ2v) is 5.47. The topological polar surface area (TPSA) is 32.5 Å². The zero-order valence-electron chi connectivity index (χ0n) is 10.9. The van der Waals surface area contributed by atoms with Gasteiger partial charge in [0.2, 0.25) is 0 Å². The number of hydrogen-bond donors (Lipinski definition) is 1. The van der Waals surface area contributed by atoms with Crippen LogP contribution < -0.4 is 5.73 Å². The third-order valence-electron chi connectivity index (χ3n) is 4.61. The third kappa shape index (κ3) is 2.41. The fraction of sp³-hybridized carbons (Fsp3) is 1.00. The molecule has 2 rings (SSSR count). The fourth-order valence-electron chi connectivity index (χ4n) is 3.26. The molecule has 0 aromatic rings. The summed E-state index contributed by atoms with van der Waals surface area (Å²) in [4.78, 5) is 5.23. The highest BCUT2D eigenvalue weighted by Gasteiger charge is 2.33. The van der Waals surface area contributed by atoms with Crippen LogP contribution in [0.5, 0.6) is 0 Å². The minimum absolute atomic E-state index is 0.662. The van der Waals surface area contributed by atoms with Crippen LogP contribution in [0.15, 0.2) is 0 Å². The van der Waals surface area contributed by atoms with Crippen LogP contribution in [0.25, 0.3) is 0 Å². The summed E-state index contributed by atoms with van der Waals surface area (Å²) in [5, 5.41) is 0. The van der Waals surface area contributed by atoms with Crippen LogP contribution in [-0.2, 0) is 0 Å². The van der Waals surface area contributed by atoms with E-state index in [2.05, 4.69) is 23.6 Å². The van der Waals surface area contributed by atoms with E-state index in [1.807, 2.05) is 0 Å². The molecule has 0 bridgehead atoms. The molecule has 94 valence electrons. The molecule has 1 heterocycles. The number of likely N-dealkylation sites (N-methyl/N-ethyl adjacent to an activating group) is 1. The first-order valence-corrected chi connectivity index (χ1v) is 6.94. The molecule has 2 fully saturated rings. The Kier molecular flexibility index (Phi) is 4.22. The van der Waals surface area contributed by atoms with Crippen molar-refractivity contribution in [2.45, 2.75) is 45.2 Å². The monoisotopic (exact) mass is 225 g/mol. The molecule has 0 radical (unpaired) electrons. The van der Waals surface area contributed by atoms with Crippen molar-refractivity contribution in [3.05, 3.63) is 0 Å². The van der Waals surface area contributed by atoms with Gasteiger partial charge in [0.25, 0.3) is 0 Å². The standard InChI is InChI=1S/C13H27N3/c1-3-15-7-8-16(10-11(15)2)13(9-14)12-5-4-6-12/h11-13H,3-10,14H2,1-2H3. The summed E-state index contributed by atoms with van der Waals surface area (Å²) < 4.78 is 0.